The molecule has 1 aromatic carbocycles. The van der Waals surface area contributed by atoms with Crippen LogP contribution in [0.3, 0.4) is 0 Å². The third-order valence-corrected chi connectivity index (χ3v) is 3.42. The first-order valence-corrected chi connectivity index (χ1v) is 5.51. The Morgan fingerprint density at radius 1 is 1.46 bits per heavy atom. The molecule has 2 atom stereocenters. The smallest absolute Gasteiger partial charge is 0.0210 e. The van der Waals surface area contributed by atoms with Gasteiger partial charge in [-0.2, -0.15) is 0 Å². The van der Waals surface area contributed by atoms with Gasteiger partial charge in [-0.3, -0.25) is 0 Å². The average molecular weight is 240 g/mol. The summed E-state index contributed by atoms with van der Waals surface area (Å²) in [5, 5.41) is 3.23. The van der Waals surface area contributed by atoms with Gasteiger partial charge in [-0.25, -0.2) is 0 Å². The highest BCUT2D eigenvalue weighted by molar-refractivity contribution is 9.10. The third-order valence-electron chi connectivity index (χ3n) is 2.69. The van der Waals surface area contributed by atoms with E-state index in [2.05, 4.69) is 45.5 Å². The second kappa shape index (κ2) is 3.81. The van der Waals surface area contributed by atoms with Gasteiger partial charge >= 0.3 is 0 Å². The zero-order valence-electron chi connectivity index (χ0n) is 7.76. The van der Waals surface area contributed by atoms with Crippen LogP contribution in [0.25, 0.3) is 0 Å². The van der Waals surface area contributed by atoms with Crippen molar-refractivity contribution >= 4 is 15.9 Å². The van der Waals surface area contributed by atoms with E-state index in [0.717, 1.165) is 18.4 Å². The molecule has 2 rings (SSSR count). The van der Waals surface area contributed by atoms with Gasteiger partial charge in [0.15, 0.2) is 0 Å². The molecule has 13 heavy (non-hydrogen) atoms. The molecule has 1 aliphatic rings. The van der Waals surface area contributed by atoms with Crippen LogP contribution in [0.5, 0.6) is 0 Å². The largest absolute Gasteiger partial charge is 0.319 e. The standard InChI is InChI=1S/C11H14BrN/c1-13-7-8-6-10(8)9-4-2-3-5-11(9)12/h2-5,8,10,13H,6-7H2,1H3/t8-,10+/m0/s1. The quantitative estimate of drug-likeness (QED) is 0.856. The number of hydrogen-bond donors (Lipinski definition) is 1. The fraction of sp³-hybridized carbons (Fsp3) is 0.455. The molecule has 1 aliphatic carbocycles. The molecule has 0 saturated heterocycles. The van der Waals surface area contributed by atoms with Crippen LogP contribution in [0.4, 0.5) is 0 Å². The van der Waals surface area contributed by atoms with Crippen LogP contribution in [0.1, 0.15) is 17.9 Å². The minimum absolute atomic E-state index is 0.781. The second-order valence-corrected chi connectivity index (χ2v) is 4.54. The molecular weight excluding hydrogens is 226 g/mol. The van der Waals surface area contributed by atoms with Gasteiger partial charge in [-0.15, -0.1) is 0 Å². The van der Waals surface area contributed by atoms with Gasteiger partial charge in [0.1, 0.15) is 0 Å². The van der Waals surface area contributed by atoms with Gasteiger partial charge in [0.2, 0.25) is 0 Å². The zero-order valence-corrected chi connectivity index (χ0v) is 9.34. The van der Waals surface area contributed by atoms with Crippen LogP contribution in [-0.4, -0.2) is 13.6 Å². The third kappa shape index (κ3) is 1.94. The highest BCUT2D eigenvalue weighted by atomic mass is 79.9. The van der Waals surface area contributed by atoms with E-state index in [1.165, 1.54) is 16.5 Å². The van der Waals surface area contributed by atoms with E-state index in [0.29, 0.717) is 0 Å². The first-order valence-electron chi connectivity index (χ1n) is 4.72. The zero-order chi connectivity index (χ0) is 9.26. The van der Waals surface area contributed by atoms with Crippen LogP contribution in [0, 0.1) is 5.92 Å². The summed E-state index contributed by atoms with van der Waals surface area (Å²) in [4.78, 5) is 0. The number of hydrogen-bond acceptors (Lipinski definition) is 1. The molecule has 1 fully saturated rings. The molecular formula is C11H14BrN. The first kappa shape index (κ1) is 9.22. The van der Waals surface area contributed by atoms with Crippen molar-refractivity contribution in [2.75, 3.05) is 13.6 Å². The maximum Gasteiger partial charge on any atom is 0.0210 e. The molecule has 0 spiro atoms. The minimum Gasteiger partial charge on any atom is -0.319 e. The van der Waals surface area contributed by atoms with Crippen molar-refractivity contribution in [1.29, 1.82) is 0 Å². The summed E-state index contributed by atoms with van der Waals surface area (Å²) in [5.74, 6) is 1.63. The SMILES string of the molecule is CNC[C@@H]1C[C@H]1c1ccccc1Br. The Bertz CT molecular complexity index is 298. The van der Waals surface area contributed by atoms with E-state index in [1.807, 2.05) is 7.05 Å². The fourth-order valence-corrected chi connectivity index (χ4v) is 2.47. The van der Waals surface area contributed by atoms with Crippen molar-refractivity contribution in [3.05, 3.63) is 34.3 Å². The van der Waals surface area contributed by atoms with Crippen molar-refractivity contribution in [2.45, 2.75) is 12.3 Å². The minimum atomic E-state index is 0.781. The van der Waals surface area contributed by atoms with Crippen molar-refractivity contribution < 1.29 is 0 Å². The molecule has 1 N–H and O–H groups in total. The number of benzene rings is 1. The predicted octanol–water partition coefficient (Wildman–Crippen LogP) is 2.77. The van der Waals surface area contributed by atoms with Crippen molar-refractivity contribution in [1.82, 2.24) is 5.32 Å². The summed E-state index contributed by atoms with van der Waals surface area (Å²) in [6.07, 6.45) is 1.34. The van der Waals surface area contributed by atoms with Crippen LogP contribution < -0.4 is 5.32 Å². The number of halogens is 1. The first-order chi connectivity index (χ1) is 6.33. The Morgan fingerprint density at radius 2 is 2.23 bits per heavy atom. The van der Waals surface area contributed by atoms with Gasteiger partial charge in [-0.1, -0.05) is 34.1 Å². The molecule has 0 bridgehead atoms. The Kier molecular flexibility index (Phi) is 2.70. The highest BCUT2D eigenvalue weighted by Crippen LogP contribution is 2.48. The van der Waals surface area contributed by atoms with E-state index in [-0.39, 0.29) is 0 Å². The molecule has 0 heterocycles. The molecule has 1 saturated carbocycles. The van der Waals surface area contributed by atoms with E-state index in [1.54, 1.807) is 0 Å². The molecule has 1 nitrogen and oxygen atoms in total. The molecule has 2 heteroatoms. The Morgan fingerprint density at radius 3 is 2.92 bits per heavy atom. The van der Waals surface area contributed by atoms with Gasteiger partial charge in [-0.05, 0) is 43.5 Å². The molecule has 1 aromatic rings. The Labute approximate surface area is 87.7 Å². The summed E-state index contributed by atoms with van der Waals surface area (Å²) in [6, 6.07) is 8.55. The van der Waals surface area contributed by atoms with E-state index < -0.39 is 0 Å². The lowest BCUT2D eigenvalue weighted by Gasteiger charge is -2.02. The molecule has 70 valence electrons. The number of rotatable bonds is 3. The van der Waals surface area contributed by atoms with Crippen molar-refractivity contribution in [3.63, 3.8) is 0 Å². The maximum atomic E-state index is 3.60. The Hall–Kier alpha value is -0.340. The lowest BCUT2D eigenvalue weighted by atomic mass is 10.1. The van der Waals surface area contributed by atoms with Crippen LogP contribution in [0.2, 0.25) is 0 Å². The van der Waals surface area contributed by atoms with Crippen LogP contribution in [-0.2, 0) is 0 Å². The molecule has 0 radical (unpaired) electrons. The Balaban J connectivity index is 2.07. The summed E-state index contributed by atoms with van der Waals surface area (Å²) in [7, 11) is 2.02. The lowest BCUT2D eigenvalue weighted by Crippen LogP contribution is -2.10. The van der Waals surface area contributed by atoms with Gasteiger partial charge in [0.05, 0.1) is 0 Å². The second-order valence-electron chi connectivity index (χ2n) is 3.68. The normalized spacial score (nSPS) is 26.0. The summed E-state index contributed by atoms with van der Waals surface area (Å²) in [5.41, 5.74) is 1.47. The van der Waals surface area contributed by atoms with E-state index in [9.17, 15) is 0 Å². The van der Waals surface area contributed by atoms with Crippen LogP contribution >= 0.6 is 15.9 Å². The average Bonchev–Trinajstić information content (AvgIpc) is 2.86. The summed E-state index contributed by atoms with van der Waals surface area (Å²) >= 11 is 3.60. The van der Waals surface area contributed by atoms with Crippen molar-refractivity contribution in [2.24, 2.45) is 5.92 Å². The predicted molar refractivity (Wildman–Crippen MR) is 58.9 cm³/mol. The molecule has 0 aliphatic heterocycles. The summed E-state index contributed by atoms with van der Waals surface area (Å²) < 4.78 is 1.26. The molecule has 0 amide bonds. The van der Waals surface area contributed by atoms with Gasteiger partial charge in [0, 0.05) is 4.47 Å². The van der Waals surface area contributed by atoms with E-state index in [4.69, 9.17) is 0 Å². The monoisotopic (exact) mass is 239 g/mol. The molecule has 0 aromatic heterocycles. The number of nitrogens with one attached hydrogen (secondary N) is 1. The summed E-state index contributed by atoms with van der Waals surface area (Å²) in [6.45, 7) is 1.14. The van der Waals surface area contributed by atoms with Crippen molar-refractivity contribution in [3.8, 4) is 0 Å². The van der Waals surface area contributed by atoms with Gasteiger partial charge in [0.25, 0.3) is 0 Å². The molecule has 0 unspecified atom stereocenters. The van der Waals surface area contributed by atoms with E-state index >= 15 is 0 Å². The maximum absolute atomic E-state index is 3.60. The highest BCUT2D eigenvalue weighted by Gasteiger charge is 2.38. The fourth-order valence-electron chi connectivity index (χ4n) is 1.89. The lowest BCUT2D eigenvalue weighted by molar-refractivity contribution is 0.697. The van der Waals surface area contributed by atoms with Gasteiger partial charge < -0.3 is 5.32 Å². The topological polar surface area (TPSA) is 12.0 Å². The van der Waals surface area contributed by atoms with Crippen LogP contribution in [0.15, 0.2) is 28.7 Å².